The quantitative estimate of drug-likeness (QED) is 0.697. The molecular formula is C14H23N3O4. The van der Waals surface area contributed by atoms with Crippen molar-refractivity contribution in [2.75, 3.05) is 33.0 Å². The number of hydrogen-bond acceptors (Lipinski definition) is 5. The number of ether oxygens (including phenoxy) is 2. The van der Waals surface area contributed by atoms with E-state index in [0.717, 1.165) is 12.8 Å². The molecule has 1 unspecified atom stereocenters. The van der Waals surface area contributed by atoms with Crippen molar-refractivity contribution in [1.29, 1.82) is 0 Å². The van der Waals surface area contributed by atoms with Crippen molar-refractivity contribution in [3.05, 3.63) is 0 Å². The molecule has 0 aromatic rings. The first-order valence-electron chi connectivity index (χ1n) is 7.66. The Balaban J connectivity index is 1.70. The van der Waals surface area contributed by atoms with Gasteiger partial charge in [0.25, 0.3) is 0 Å². The summed E-state index contributed by atoms with van der Waals surface area (Å²) in [5.74, 6) is -0.272. The van der Waals surface area contributed by atoms with Crippen LogP contribution >= 0.6 is 0 Å². The average molecular weight is 297 g/mol. The van der Waals surface area contributed by atoms with Gasteiger partial charge in [0.2, 0.25) is 11.8 Å². The summed E-state index contributed by atoms with van der Waals surface area (Å²) < 4.78 is 10.7. The number of nitrogens with zero attached hydrogens (tertiary/aromatic N) is 1. The summed E-state index contributed by atoms with van der Waals surface area (Å²) in [6.45, 7) is 2.10. The van der Waals surface area contributed by atoms with Gasteiger partial charge in [-0.15, -0.1) is 0 Å². The molecule has 1 aliphatic carbocycles. The number of carbonyl (C=O) groups is 2. The van der Waals surface area contributed by atoms with Crippen LogP contribution < -0.4 is 11.1 Å². The normalized spacial score (nSPS) is 29.0. The van der Waals surface area contributed by atoms with Gasteiger partial charge in [0.15, 0.2) is 0 Å². The van der Waals surface area contributed by atoms with Gasteiger partial charge in [-0.2, -0.15) is 0 Å². The van der Waals surface area contributed by atoms with E-state index < -0.39 is 11.6 Å². The van der Waals surface area contributed by atoms with E-state index in [4.69, 9.17) is 15.2 Å². The molecule has 2 aliphatic heterocycles. The Morgan fingerprint density at radius 3 is 2.52 bits per heavy atom. The maximum atomic E-state index is 12.8. The topological polar surface area (TPSA) is 93.9 Å². The minimum Gasteiger partial charge on any atom is -0.381 e. The maximum absolute atomic E-state index is 12.8. The smallest absolute Gasteiger partial charge is 0.245 e. The average Bonchev–Trinajstić information content (AvgIpc) is 3.31. The van der Waals surface area contributed by atoms with Crippen molar-refractivity contribution in [2.45, 2.75) is 43.3 Å². The largest absolute Gasteiger partial charge is 0.381 e. The molecule has 2 saturated heterocycles. The summed E-state index contributed by atoms with van der Waals surface area (Å²) in [4.78, 5) is 26.7. The highest BCUT2D eigenvalue weighted by molar-refractivity contribution is 5.92. The standard InChI is InChI=1S/C14H23N3O4/c15-14(3-6-20-7-4-14)13(19)17-5-8-21-9-11(17)12(18)16-10-1-2-10/h10-11H,1-9,15H2,(H,16,18). The highest BCUT2D eigenvalue weighted by atomic mass is 16.5. The van der Waals surface area contributed by atoms with Crippen LogP contribution in [-0.2, 0) is 19.1 Å². The second-order valence-corrected chi connectivity index (χ2v) is 6.14. The molecule has 0 spiro atoms. The minimum absolute atomic E-state index is 0.124. The van der Waals surface area contributed by atoms with Crippen molar-refractivity contribution in [1.82, 2.24) is 10.2 Å². The van der Waals surface area contributed by atoms with Crippen LogP contribution in [0, 0.1) is 0 Å². The number of rotatable bonds is 3. The molecule has 3 N–H and O–H groups in total. The lowest BCUT2D eigenvalue weighted by atomic mass is 9.89. The predicted molar refractivity (Wildman–Crippen MR) is 74.5 cm³/mol. The van der Waals surface area contributed by atoms with Crippen LogP contribution in [0.25, 0.3) is 0 Å². The molecule has 0 aromatic heterocycles. The van der Waals surface area contributed by atoms with Crippen molar-refractivity contribution in [2.24, 2.45) is 5.73 Å². The molecule has 21 heavy (non-hydrogen) atoms. The summed E-state index contributed by atoms with van der Waals surface area (Å²) in [5, 5.41) is 2.95. The maximum Gasteiger partial charge on any atom is 0.245 e. The van der Waals surface area contributed by atoms with Gasteiger partial charge in [0.05, 0.1) is 18.8 Å². The first kappa shape index (κ1) is 14.7. The minimum atomic E-state index is -0.909. The first-order chi connectivity index (χ1) is 10.1. The van der Waals surface area contributed by atoms with Crippen LogP contribution in [0.4, 0.5) is 0 Å². The summed E-state index contributed by atoms with van der Waals surface area (Å²) in [7, 11) is 0. The fraction of sp³-hybridized carbons (Fsp3) is 0.857. The zero-order valence-corrected chi connectivity index (χ0v) is 12.2. The van der Waals surface area contributed by atoms with E-state index >= 15 is 0 Å². The lowest BCUT2D eigenvalue weighted by Crippen LogP contribution is -2.65. The molecule has 7 heteroatoms. The summed E-state index contributed by atoms with van der Waals surface area (Å²) in [6.07, 6.45) is 3.04. The molecule has 7 nitrogen and oxygen atoms in total. The molecular weight excluding hydrogens is 274 g/mol. The fourth-order valence-electron chi connectivity index (χ4n) is 2.82. The number of nitrogens with one attached hydrogen (secondary N) is 1. The van der Waals surface area contributed by atoms with Gasteiger partial charge in [-0.1, -0.05) is 0 Å². The molecule has 0 aromatic carbocycles. The molecule has 2 heterocycles. The van der Waals surface area contributed by atoms with E-state index in [1.54, 1.807) is 4.90 Å². The third kappa shape index (κ3) is 3.20. The van der Waals surface area contributed by atoms with Crippen molar-refractivity contribution < 1.29 is 19.1 Å². The number of carbonyl (C=O) groups excluding carboxylic acids is 2. The van der Waals surface area contributed by atoms with E-state index in [1.165, 1.54) is 0 Å². The molecule has 1 saturated carbocycles. The zero-order valence-electron chi connectivity index (χ0n) is 12.2. The fourth-order valence-corrected chi connectivity index (χ4v) is 2.82. The highest BCUT2D eigenvalue weighted by Crippen LogP contribution is 2.24. The van der Waals surface area contributed by atoms with Crippen LogP contribution in [0.15, 0.2) is 0 Å². The monoisotopic (exact) mass is 297 g/mol. The third-order valence-electron chi connectivity index (χ3n) is 4.43. The predicted octanol–water partition coefficient (Wildman–Crippen LogP) is -1.000. The van der Waals surface area contributed by atoms with Crippen molar-refractivity contribution >= 4 is 11.8 Å². The van der Waals surface area contributed by atoms with Crippen LogP contribution in [0.1, 0.15) is 25.7 Å². The highest BCUT2D eigenvalue weighted by Gasteiger charge is 2.44. The molecule has 3 rings (SSSR count). The molecule has 3 fully saturated rings. The van der Waals surface area contributed by atoms with E-state index in [1.807, 2.05) is 0 Å². The van der Waals surface area contributed by atoms with Gasteiger partial charge in [-0.05, 0) is 25.7 Å². The summed E-state index contributed by atoms with van der Waals surface area (Å²) in [6, 6.07) is -0.290. The number of hydrogen-bond donors (Lipinski definition) is 2. The van der Waals surface area contributed by atoms with Crippen LogP contribution in [0.3, 0.4) is 0 Å². The Bertz CT molecular complexity index is 418. The van der Waals surface area contributed by atoms with Crippen LogP contribution in [0.2, 0.25) is 0 Å². The van der Waals surface area contributed by atoms with Crippen LogP contribution in [0.5, 0.6) is 0 Å². The lowest BCUT2D eigenvalue weighted by molar-refractivity contribution is -0.155. The van der Waals surface area contributed by atoms with Crippen LogP contribution in [-0.4, -0.2) is 67.3 Å². The summed E-state index contributed by atoms with van der Waals surface area (Å²) >= 11 is 0. The molecule has 1 atom stereocenters. The molecule has 118 valence electrons. The van der Waals surface area contributed by atoms with Gasteiger partial charge in [0.1, 0.15) is 6.04 Å². The second kappa shape index (κ2) is 5.90. The van der Waals surface area contributed by atoms with Crippen molar-refractivity contribution in [3.8, 4) is 0 Å². The van der Waals surface area contributed by atoms with E-state index in [0.29, 0.717) is 39.2 Å². The van der Waals surface area contributed by atoms with E-state index in [9.17, 15) is 9.59 Å². The van der Waals surface area contributed by atoms with Crippen molar-refractivity contribution in [3.63, 3.8) is 0 Å². The zero-order chi connectivity index (χ0) is 14.9. The number of nitrogens with two attached hydrogens (primary N) is 1. The van der Waals surface area contributed by atoms with E-state index in [2.05, 4.69) is 5.32 Å². The Hall–Kier alpha value is -1.18. The van der Waals surface area contributed by atoms with Gasteiger partial charge in [0, 0.05) is 25.8 Å². The summed E-state index contributed by atoms with van der Waals surface area (Å²) in [5.41, 5.74) is 5.36. The van der Waals surface area contributed by atoms with Gasteiger partial charge >= 0.3 is 0 Å². The van der Waals surface area contributed by atoms with E-state index in [-0.39, 0.29) is 24.5 Å². The Kier molecular flexibility index (Phi) is 4.14. The molecule has 0 bridgehead atoms. The number of morpholine rings is 1. The molecule has 2 amide bonds. The Morgan fingerprint density at radius 1 is 1.14 bits per heavy atom. The van der Waals surface area contributed by atoms with Gasteiger partial charge in [-0.25, -0.2) is 0 Å². The van der Waals surface area contributed by atoms with Gasteiger partial charge in [-0.3, -0.25) is 9.59 Å². The lowest BCUT2D eigenvalue weighted by Gasteiger charge is -2.41. The first-order valence-corrected chi connectivity index (χ1v) is 7.66. The Labute approximate surface area is 124 Å². The third-order valence-corrected chi connectivity index (χ3v) is 4.43. The Morgan fingerprint density at radius 2 is 1.86 bits per heavy atom. The van der Waals surface area contributed by atoms with Gasteiger partial charge < -0.3 is 25.4 Å². The number of amides is 2. The second-order valence-electron chi connectivity index (χ2n) is 6.14. The molecule has 3 aliphatic rings. The molecule has 0 radical (unpaired) electrons. The SMILES string of the molecule is NC1(C(=O)N2CCOCC2C(=O)NC2CC2)CCOCC1.